The Morgan fingerprint density at radius 2 is 1.94 bits per heavy atom. The molecule has 2 atom stereocenters. The number of pyridine rings is 1. The van der Waals surface area contributed by atoms with E-state index in [9.17, 15) is 31.2 Å². The van der Waals surface area contributed by atoms with Gasteiger partial charge in [0, 0.05) is 18.9 Å². The SMILES string of the molecule is COCN(c1cc(Cl)cnc1C1OC(=O)c2ccccc21)S(=O)(=O)C1=CC=CC(C(F)(F)F)C1=O. The van der Waals surface area contributed by atoms with Gasteiger partial charge in [0.05, 0.1) is 16.3 Å². The third-order valence-electron chi connectivity index (χ3n) is 5.31. The molecule has 0 bridgehead atoms. The number of nitrogens with zero attached hydrogens (tertiary/aromatic N) is 2. The van der Waals surface area contributed by atoms with E-state index in [1.165, 1.54) is 18.3 Å². The van der Waals surface area contributed by atoms with Gasteiger partial charge in [-0.05, 0) is 18.2 Å². The van der Waals surface area contributed by atoms with Crippen molar-refractivity contribution in [2.75, 3.05) is 18.1 Å². The number of allylic oxidation sites excluding steroid dienone is 4. The highest BCUT2D eigenvalue weighted by molar-refractivity contribution is 7.97. The van der Waals surface area contributed by atoms with Gasteiger partial charge < -0.3 is 9.47 Å². The van der Waals surface area contributed by atoms with Crippen LogP contribution in [0.25, 0.3) is 0 Å². The maximum atomic E-state index is 13.5. The van der Waals surface area contributed by atoms with Crippen molar-refractivity contribution >= 4 is 39.1 Å². The van der Waals surface area contributed by atoms with Crippen molar-refractivity contribution in [2.24, 2.45) is 5.92 Å². The number of hydrogen-bond donors (Lipinski definition) is 0. The Labute approximate surface area is 202 Å². The van der Waals surface area contributed by atoms with Gasteiger partial charge in [-0.1, -0.05) is 42.0 Å². The van der Waals surface area contributed by atoms with E-state index in [1.54, 1.807) is 18.2 Å². The van der Waals surface area contributed by atoms with Crippen LogP contribution in [-0.4, -0.2) is 45.2 Å². The summed E-state index contributed by atoms with van der Waals surface area (Å²) >= 11 is 6.07. The smallest absolute Gasteiger partial charge is 0.402 e. The second kappa shape index (κ2) is 9.10. The Bertz CT molecular complexity index is 1370. The van der Waals surface area contributed by atoms with Gasteiger partial charge in [-0.3, -0.25) is 9.78 Å². The number of Topliss-reactive ketones (excluding diaryl/α,β-unsaturated/α-hetero) is 1. The van der Waals surface area contributed by atoms with Crippen LogP contribution < -0.4 is 4.31 Å². The number of sulfonamides is 1. The molecule has 1 aliphatic heterocycles. The normalized spacial score (nSPS) is 19.9. The van der Waals surface area contributed by atoms with Crippen molar-refractivity contribution in [3.8, 4) is 0 Å². The number of hydrogen-bond acceptors (Lipinski definition) is 7. The molecule has 13 heteroatoms. The molecule has 0 radical (unpaired) electrons. The highest BCUT2D eigenvalue weighted by Crippen LogP contribution is 2.42. The van der Waals surface area contributed by atoms with Crippen molar-refractivity contribution < 1.29 is 40.7 Å². The van der Waals surface area contributed by atoms with Gasteiger partial charge in [0.25, 0.3) is 10.0 Å². The van der Waals surface area contributed by atoms with E-state index in [-0.39, 0.29) is 22.0 Å². The summed E-state index contributed by atoms with van der Waals surface area (Å²) in [6, 6.07) is 7.55. The molecule has 0 amide bonds. The van der Waals surface area contributed by atoms with Gasteiger partial charge >= 0.3 is 12.1 Å². The standard InChI is InChI=1S/C22H16ClF3N2O6S/c1-33-11-28(35(31,32)17-8-4-7-15(19(17)29)22(24,25)26)16-9-12(23)10-27-18(16)20-13-5-2-3-6-14(13)21(30)34-20/h2-10,15,20H,11H2,1H3. The number of halogens is 4. The van der Waals surface area contributed by atoms with Crippen LogP contribution in [0.5, 0.6) is 0 Å². The molecule has 184 valence electrons. The maximum absolute atomic E-state index is 13.5. The van der Waals surface area contributed by atoms with Gasteiger partial charge in [-0.25, -0.2) is 17.5 Å². The number of ketones is 1. The first-order valence-corrected chi connectivity index (χ1v) is 11.7. The number of cyclic esters (lactones) is 1. The average molecular weight is 529 g/mol. The Hall–Kier alpha value is -3.22. The lowest BCUT2D eigenvalue weighted by molar-refractivity contribution is -0.168. The Balaban J connectivity index is 1.85. The van der Waals surface area contributed by atoms with Gasteiger partial charge in [0.2, 0.25) is 0 Å². The van der Waals surface area contributed by atoms with Crippen molar-refractivity contribution in [3.05, 3.63) is 81.5 Å². The second-order valence-electron chi connectivity index (χ2n) is 7.50. The number of ether oxygens (including phenoxy) is 2. The number of carbonyl (C=O) groups excluding carboxylic acids is 2. The van der Waals surface area contributed by atoms with Crippen molar-refractivity contribution in [3.63, 3.8) is 0 Å². The first kappa shape index (κ1) is 24.9. The molecule has 1 aromatic heterocycles. The third kappa shape index (κ3) is 4.44. The minimum Gasteiger partial charge on any atom is -0.447 e. The summed E-state index contributed by atoms with van der Waals surface area (Å²) in [4.78, 5) is 28.0. The van der Waals surface area contributed by atoms with Crippen molar-refractivity contribution in [1.82, 2.24) is 4.98 Å². The molecule has 0 saturated carbocycles. The highest BCUT2D eigenvalue weighted by atomic mass is 35.5. The van der Waals surface area contributed by atoms with Crippen molar-refractivity contribution in [2.45, 2.75) is 12.3 Å². The zero-order chi connectivity index (χ0) is 25.5. The number of anilines is 1. The molecule has 2 aromatic rings. The minimum atomic E-state index is -4.99. The molecule has 0 N–H and O–H groups in total. The van der Waals surface area contributed by atoms with E-state index in [0.29, 0.717) is 15.9 Å². The molecule has 2 unspecified atom stereocenters. The summed E-state index contributed by atoms with van der Waals surface area (Å²) in [5.74, 6) is -4.94. The number of alkyl halides is 3. The fourth-order valence-electron chi connectivity index (χ4n) is 3.74. The number of fused-ring (bicyclic) bond motifs is 1. The Morgan fingerprint density at radius 3 is 2.63 bits per heavy atom. The predicted octanol–water partition coefficient (Wildman–Crippen LogP) is 3.94. The largest absolute Gasteiger partial charge is 0.447 e. The molecule has 1 aliphatic carbocycles. The fraction of sp³-hybridized carbons (Fsp3) is 0.227. The zero-order valence-electron chi connectivity index (χ0n) is 17.8. The summed E-state index contributed by atoms with van der Waals surface area (Å²) in [5, 5.41) is -0.0188. The predicted molar refractivity (Wildman–Crippen MR) is 118 cm³/mol. The van der Waals surface area contributed by atoms with E-state index in [2.05, 4.69) is 4.98 Å². The summed E-state index contributed by atoms with van der Waals surface area (Å²) in [6.45, 7) is -0.704. The molecule has 2 heterocycles. The molecular formula is C22H16ClF3N2O6S. The van der Waals surface area contributed by atoms with Gasteiger partial charge in [-0.15, -0.1) is 0 Å². The number of benzene rings is 1. The number of methoxy groups -OCH3 is 1. The van der Waals surface area contributed by atoms with Gasteiger partial charge in [0.1, 0.15) is 23.2 Å². The molecular weight excluding hydrogens is 513 g/mol. The van der Waals surface area contributed by atoms with Crippen LogP contribution >= 0.6 is 11.6 Å². The molecule has 35 heavy (non-hydrogen) atoms. The molecule has 1 aromatic carbocycles. The van der Waals surface area contributed by atoms with Crippen molar-refractivity contribution in [1.29, 1.82) is 0 Å². The molecule has 0 saturated heterocycles. The number of aromatic nitrogens is 1. The molecule has 2 aliphatic rings. The van der Waals surface area contributed by atoms with E-state index in [0.717, 1.165) is 19.3 Å². The van der Waals surface area contributed by atoms with Gasteiger partial charge in [-0.2, -0.15) is 13.2 Å². The summed E-state index contributed by atoms with van der Waals surface area (Å²) in [7, 11) is -3.76. The maximum Gasteiger partial charge on any atom is 0.402 e. The highest BCUT2D eigenvalue weighted by Gasteiger charge is 2.48. The van der Waals surface area contributed by atoms with E-state index in [1.807, 2.05) is 0 Å². The lowest BCUT2D eigenvalue weighted by atomic mass is 9.99. The lowest BCUT2D eigenvalue weighted by Crippen LogP contribution is -2.41. The number of carbonyl (C=O) groups is 2. The van der Waals surface area contributed by atoms with Gasteiger partial charge in [0.15, 0.2) is 11.9 Å². The quantitative estimate of drug-likeness (QED) is 0.413. The first-order valence-electron chi connectivity index (χ1n) is 9.93. The Morgan fingerprint density at radius 1 is 1.23 bits per heavy atom. The Kier molecular flexibility index (Phi) is 6.47. The molecule has 0 spiro atoms. The van der Waals surface area contributed by atoms with E-state index >= 15 is 0 Å². The molecule has 8 nitrogen and oxygen atoms in total. The van der Waals surface area contributed by atoms with Crippen LogP contribution in [0.15, 0.2) is 59.7 Å². The van der Waals surface area contributed by atoms with E-state index in [4.69, 9.17) is 21.1 Å². The van der Waals surface area contributed by atoms with E-state index < -0.39 is 51.6 Å². The summed E-state index contributed by atoms with van der Waals surface area (Å²) in [6.07, 6.45) is -2.73. The van der Waals surface area contributed by atoms with Crippen LogP contribution in [0.2, 0.25) is 5.02 Å². The minimum absolute atomic E-state index is 0.0188. The second-order valence-corrected chi connectivity index (χ2v) is 9.77. The number of rotatable bonds is 6. The van der Waals surface area contributed by atoms with Crippen LogP contribution in [0.4, 0.5) is 18.9 Å². The topological polar surface area (TPSA) is 103 Å². The molecule has 4 rings (SSSR count). The number of esters is 1. The summed E-state index contributed by atoms with van der Waals surface area (Å²) < 4.78 is 78.0. The van der Waals surface area contributed by atoms with Crippen LogP contribution in [0.3, 0.4) is 0 Å². The van der Waals surface area contributed by atoms with Crippen LogP contribution in [-0.2, 0) is 24.3 Å². The lowest BCUT2D eigenvalue weighted by Gasteiger charge is -2.29. The first-order chi connectivity index (χ1) is 16.5. The average Bonchev–Trinajstić information content (AvgIpc) is 3.13. The zero-order valence-corrected chi connectivity index (χ0v) is 19.4. The van der Waals surface area contributed by atoms with Crippen LogP contribution in [0, 0.1) is 5.92 Å². The summed E-state index contributed by atoms with van der Waals surface area (Å²) in [5.41, 5.74) is 0.335. The third-order valence-corrected chi connectivity index (χ3v) is 7.29. The fourth-order valence-corrected chi connectivity index (χ4v) is 5.41. The monoisotopic (exact) mass is 528 g/mol. The van der Waals surface area contributed by atoms with Crippen LogP contribution in [0.1, 0.15) is 27.7 Å². The molecule has 0 fully saturated rings.